The van der Waals surface area contributed by atoms with Gasteiger partial charge in [-0.05, 0) is 55.5 Å². The summed E-state index contributed by atoms with van der Waals surface area (Å²) in [6.07, 6.45) is 4.60. The molecule has 0 bridgehead atoms. The second-order valence-corrected chi connectivity index (χ2v) is 8.88. The van der Waals surface area contributed by atoms with Gasteiger partial charge in [0.05, 0.1) is 22.9 Å². The van der Waals surface area contributed by atoms with E-state index in [1.54, 1.807) is 7.11 Å². The monoisotopic (exact) mass is 424 g/mol. The summed E-state index contributed by atoms with van der Waals surface area (Å²) in [5.74, 6) is 1.23. The number of nitrogens with one attached hydrogen (secondary N) is 1. The third kappa shape index (κ3) is 4.52. The van der Waals surface area contributed by atoms with Crippen LogP contribution < -0.4 is 10.1 Å². The van der Waals surface area contributed by atoms with E-state index in [-0.39, 0.29) is 5.91 Å². The van der Waals surface area contributed by atoms with Gasteiger partial charge in [0.1, 0.15) is 16.8 Å². The van der Waals surface area contributed by atoms with Crippen LogP contribution >= 0.6 is 23.1 Å². The van der Waals surface area contributed by atoms with Crippen molar-refractivity contribution < 1.29 is 9.53 Å². The number of thiazole rings is 1. The predicted molar refractivity (Wildman–Crippen MR) is 116 cm³/mol. The Bertz CT molecular complexity index is 1100. The standard InChI is InChI=1S/C21H20N4O2S2/c1-27-15-6-7-17-18(11-15)29-21(24-17)25-19(26)8-9-28-20-14(12-22)10-13-4-2-3-5-16(13)23-20/h6-7,10-11H,2-5,8-9H2,1H3,(H,24,25,26). The highest BCUT2D eigenvalue weighted by molar-refractivity contribution is 7.99. The molecule has 2 heterocycles. The fourth-order valence-electron chi connectivity index (χ4n) is 3.31. The molecule has 0 radical (unpaired) electrons. The fraction of sp³-hybridized carbons (Fsp3) is 0.333. The van der Waals surface area contributed by atoms with Crippen LogP contribution in [0, 0.1) is 11.3 Å². The van der Waals surface area contributed by atoms with Crippen LogP contribution in [-0.2, 0) is 17.6 Å². The Kier molecular flexibility index (Phi) is 5.97. The molecule has 0 atom stereocenters. The number of nitrogens with zero attached hydrogens (tertiary/aromatic N) is 3. The van der Waals surface area contributed by atoms with E-state index < -0.39 is 0 Å². The topological polar surface area (TPSA) is 87.9 Å². The first-order valence-corrected chi connectivity index (χ1v) is 11.3. The number of pyridine rings is 1. The van der Waals surface area contributed by atoms with Crippen molar-refractivity contribution in [2.75, 3.05) is 18.2 Å². The molecule has 0 saturated carbocycles. The lowest BCUT2D eigenvalue weighted by Gasteiger charge is -2.16. The molecule has 1 N–H and O–H groups in total. The number of hydrogen-bond donors (Lipinski definition) is 1. The van der Waals surface area contributed by atoms with Gasteiger partial charge >= 0.3 is 0 Å². The van der Waals surface area contributed by atoms with Gasteiger partial charge in [-0.3, -0.25) is 4.79 Å². The normalized spacial score (nSPS) is 13.0. The number of nitriles is 1. The van der Waals surface area contributed by atoms with Crippen LogP contribution in [0.3, 0.4) is 0 Å². The van der Waals surface area contributed by atoms with Crippen LogP contribution in [0.15, 0.2) is 29.3 Å². The van der Waals surface area contributed by atoms with Gasteiger partial charge in [0, 0.05) is 17.9 Å². The SMILES string of the molecule is COc1ccc2nc(NC(=O)CCSc3nc4c(cc3C#N)CCCC4)sc2c1. The van der Waals surface area contributed by atoms with Crippen molar-refractivity contribution in [1.82, 2.24) is 9.97 Å². The van der Waals surface area contributed by atoms with Crippen molar-refractivity contribution in [2.45, 2.75) is 37.1 Å². The minimum atomic E-state index is -0.0972. The lowest BCUT2D eigenvalue weighted by Crippen LogP contribution is -2.12. The van der Waals surface area contributed by atoms with Crippen molar-refractivity contribution in [3.05, 3.63) is 41.1 Å². The Labute approximate surface area is 177 Å². The highest BCUT2D eigenvalue weighted by Crippen LogP contribution is 2.30. The molecule has 1 aliphatic carbocycles. The molecule has 0 aliphatic heterocycles. The second-order valence-electron chi connectivity index (χ2n) is 6.77. The summed E-state index contributed by atoms with van der Waals surface area (Å²) in [4.78, 5) is 21.5. The van der Waals surface area contributed by atoms with Gasteiger partial charge in [-0.1, -0.05) is 11.3 Å². The number of fused-ring (bicyclic) bond motifs is 2. The van der Waals surface area contributed by atoms with Gasteiger partial charge in [0.2, 0.25) is 5.91 Å². The number of hydrogen-bond acceptors (Lipinski definition) is 7. The van der Waals surface area contributed by atoms with Crippen LogP contribution in [0.5, 0.6) is 5.75 Å². The highest BCUT2D eigenvalue weighted by atomic mass is 32.2. The minimum Gasteiger partial charge on any atom is -0.497 e. The molecular weight excluding hydrogens is 404 g/mol. The van der Waals surface area contributed by atoms with Gasteiger partial charge in [0.25, 0.3) is 0 Å². The lowest BCUT2D eigenvalue weighted by molar-refractivity contribution is -0.115. The zero-order valence-electron chi connectivity index (χ0n) is 16.0. The Balaban J connectivity index is 1.36. The van der Waals surface area contributed by atoms with Gasteiger partial charge in [-0.2, -0.15) is 5.26 Å². The maximum atomic E-state index is 12.3. The number of aromatic nitrogens is 2. The number of benzene rings is 1. The van der Waals surface area contributed by atoms with E-state index >= 15 is 0 Å². The number of ether oxygens (including phenoxy) is 1. The first-order chi connectivity index (χ1) is 14.2. The third-order valence-electron chi connectivity index (χ3n) is 4.80. The molecule has 6 nitrogen and oxygen atoms in total. The largest absolute Gasteiger partial charge is 0.497 e. The van der Waals surface area contributed by atoms with Crippen molar-refractivity contribution in [2.24, 2.45) is 0 Å². The number of thioether (sulfide) groups is 1. The van der Waals surface area contributed by atoms with Crippen LogP contribution in [0.4, 0.5) is 5.13 Å². The third-order valence-corrected chi connectivity index (χ3v) is 6.72. The van der Waals surface area contributed by atoms with E-state index in [0.717, 1.165) is 52.4 Å². The van der Waals surface area contributed by atoms with E-state index in [9.17, 15) is 10.1 Å². The average Bonchev–Trinajstić information content (AvgIpc) is 3.14. The molecule has 0 fully saturated rings. The minimum absolute atomic E-state index is 0.0972. The molecule has 3 aromatic rings. The molecular formula is C21H20N4O2S2. The van der Waals surface area contributed by atoms with E-state index in [1.807, 2.05) is 24.3 Å². The number of carbonyl (C=O) groups is 1. The van der Waals surface area contributed by atoms with Gasteiger partial charge in [-0.15, -0.1) is 11.8 Å². The quantitative estimate of drug-likeness (QED) is 0.583. The number of amides is 1. The molecule has 0 saturated heterocycles. The van der Waals surface area contributed by atoms with E-state index in [2.05, 4.69) is 16.4 Å². The Hall–Kier alpha value is -2.63. The molecule has 1 aromatic carbocycles. The first kappa shape index (κ1) is 19.7. The number of rotatable bonds is 6. The highest BCUT2D eigenvalue weighted by Gasteiger charge is 2.16. The van der Waals surface area contributed by atoms with E-state index in [0.29, 0.717) is 22.9 Å². The fourth-order valence-corrected chi connectivity index (χ4v) is 5.14. The summed E-state index contributed by atoms with van der Waals surface area (Å²) in [7, 11) is 1.62. The molecule has 1 amide bonds. The Morgan fingerprint density at radius 2 is 2.17 bits per heavy atom. The van der Waals surface area contributed by atoms with Crippen molar-refractivity contribution in [1.29, 1.82) is 5.26 Å². The zero-order valence-corrected chi connectivity index (χ0v) is 17.7. The second kappa shape index (κ2) is 8.80. The Morgan fingerprint density at radius 1 is 1.31 bits per heavy atom. The van der Waals surface area contributed by atoms with Gasteiger partial charge in [0.15, 0.2) is 5.13 Å². The molecule has 0 unspecified atom stereocenters. The number of aryl methyl sites for hydroxylation is 2. The summed E-state index contributed by atoms with van der Waals surface area (Å²) in [5.41, 5.74) is 3.74. The van der Waals surface area contributed by atoms with Gasteiger partial charge < -0.3 is 10.1 Å². The van der Waals surface area contributed by atoms with Crippen LogP contribution in [-0.4, -0.2) is 28.7 Å². The molecule has 2 aromatic heterocycles. The maximum absolute atomic E-state index is 12.3. The van der Waals surface area contributed by atoms with Crippen molar-refractivity contribution in [3.63, 3.8) is 0 Å². The molecule has 8 heteroatoms. The summed E-state index contributed by atoms with van der Waals surface area (Å²) in [6.45, 7) is 0. The molecule has 1 aliphatic rings. The van der Waals surface area contributed by atoms with Gasteiger partial charge in [-0.25, -0.2) is 9.97 Å². The van der Waals surface area contributed by atoms with Crippen LogP contribution in [0.1, 0.15) is 36.1 Å². The van der Waals surface area contributed by atoms with Crippen molar-refractivity contribution >= 4 is 44.4 Å². The summed E-state index contributed by atoms with van der Waals surface area (Å²) < 4.78 is 6.19. The number of methoxy groups -OCH3 is 1. The summed E-state index contributed by atoms with van der Waals surface area (Å²) >= 11 is 2.89. The molecule has 0 spiro atoms. The van der Waals surface area contributed by atoms with E-state index in [1.165, 1.54) is 28.7 Å². The summed E-state index contributed by atoms with van der Waals surface area (Å²) in [6, 6.07) is 9.85. The summed E-state index contributed by atoms with van der Waals surface area (Å²) in [5, 5.41) is 13.6. The maximum Gasteiger partial charge on any atom is 0.226 e. The molecule has 148 valence electrons. The molecule has 4 rings (SSSR count). The average molecular weight is 425 g/mol. The zero-order chi connectivity index (χ0) is 20.2. The first-order valence-electron chi connectivity index (χ1n) is 9.46. The van der Waals surface area contributed by atoms with Crippen LogP contribution in [0.25, 0.3) is 10.2 Å². The predicted octanol–water partition coefficient (Wildman–Crippen LogP) is 4.57. The Morgan fingerprint density at radius 3 is 3.00 bits per heavy atom. The van der Waals surface area contributed by atoms with Crippen molar-refractivity contribution in [3.8, 4) is 11.8 Å². The number of carbonyl (C=O) groups excluding carboxylic acids is 1. The van der Waals surface area contributed by atoms with E-state index in [4.69, 9.17) is 9.72 Å². The van der Waals surface area contributed by atoms with Crippen LogP contribution in [0.2, 0.25) is 0 Å². The lowest BCUT2D eigenvalue weighted by atomic mass is 9.95. The smallest absolute Gasteiger partial charge is 0.226 e. The molecule has 29 heavy (non-hydrogen) atoms. The number of anilines is 1.